The number of rotatable bonds is 6. The Hall–Kier alpha value is -2.41. The van der Waals surface area contributed by atoms with Crippen LogP contribution < -0.4 is 9.62 Å². The summed E-state index contributed by atoms with van der Waals surface area (Å²) in [6.07, 6.45) is 0.896. The number of hydrogen-bond acceptors (Lipinski definition) is 3. The predicted octanol–water partition coefficient (Wildman–Crippen LogP) is 2.93. The molecule has 0 saturated heterocycles. The fourth-order valence-corrected chi connectivity index (χ4v) is 3.20. The second-order valence-electron chi connectivity index (χ2n) is 5.45. The molecule has 2 aromatic carbocycles. The molecule has 0 aliphatic rings. The van der Waals surface area contributed by atoms with Crippen molar-refractivity contribution in [2.24, 2.45) is 0 Å². The fraction of sp³-hybridized carbons (Fsp3) is 0.235. The summed E-state index contributed by atoms with van der Waals surface area (Å²) >= 11 is 0. The average molecular weight is 350 g/mol. The van der Waals surface area contributed by atoms with Crippen molar-refractivity contribution in [2.45, 2.75) is 13.3 Å². The Labute approximate surface area is 141 Å². The number of carbonyl (C=O) groups excluding carboxylic acids is 1. The molecule has 2 rings (SSSR count). The van der Waals surface area contributed by atoms with Crippen molar-refractivity contribution in [3.8, 4) is 0 Å². The van der Waals surface area contributed by atoms with Crippen molar-refractivity contribution in [3.05, 3.63) is 59.9 Å². The Morgan fingerprint density at radius 2 is 1.88 bits per heavy atom. The van der Waals surface area contributed by atoms with Gasteiger partial charge in [0.05, 0.1) is 11.9 Å². The first-order valence-corrected chi connectivity index (χ1v) is 9.21. The molecule has 128 valence electrons. The van der Waals surface area contributed by atoms with Gasteiger partial charge >= 0.3 is 0 Å². The first-order valence-electron chi connectivity index (χ1n) is 7.36. The van der Waals surface area contributed by atoms with Gasteiger partial charge in [-0.2, -0.15) is 0 Å². The van der Waals surface area contributed by atoms with E-state index in [-0.39, 0.29) is 24.6 Å². The van der Waals surface area contributed by atoms with E-state index in [1.807, 2.05) is 25.1 Å². The Kier molecular flexibility index (Phi) is 5.56. The molecule has 5 nitrogen and oxygen atoms in total. The van der Waals surface area contributed by atoms with Crippen molar-refractivity contribution in [1.29, 1.82) is 0 Å². The van der Waals surface area contributed by atoms with Gasteiger partial charge in [0.15, 0.2) is 0 Å². The second-order valence-corrected chi connectivity index (χ2v) is 7.36. The van der Waals surface area contributed by atoms with Gasteiger partial charge in [0, 0.05) is 18.7 Å². The lowest BCUT2D eigenvalue weighted by atomic mass is 10.2. The molecule has 24 heavy (non-hydrogen) atoms. The normalized spacial score (nSPS) is 11.1. The largest absolute Gasteiger partial charge is 0.326 e. The van der Waals surface area contributed by atoms with Crippen LogP contribution >= 0.6 is 0 Å². The van der Waals surface area contributed by atoms with Crippen molar-refractivity contribution in [3.63, 3.8) is 0 Å². The van der Waals surface area contributed by atoms with E-state index in [9.17, 15) is 17.6 Å². The van der Waals surface area contributed by atoms with Crippen molar-refractivity contribution in [2.75, 3.05) is 22.4 Å². The van der Waals surface area contributed by atoms with Crippen LogP contribution in [0.4, 0.5) is 15.8 Å². The number of nitrogens with zero attached hydrogens (tertiary/aromatic N) is 1. The number of para-hydroxylation sites is 1. The van der Waals surface area contributed by atoms with Crippen LogP contribution in [0.25, 0.3) is 0 Å². The van der Waals surface area contributed by atoms with Crippen molar-refractivity contribution >= 4 is 27.3 Å². The van der Waals surface area contributed by atoms with Crippen LogP contribution in [0.2, 0.25) is 0 Å². The van der Waals surface area contributed by atoms with E-state index in [4.69, 9.17) is 0 Å². The summed E-state index contributed by atoms with van der Waals surface area (Å²) in [6, 6.07) is 12.8. The highest BCUT2D eigenvalue weighted by atomic mass is 32.2. The van der Waals surface area contributed by atoms with E-state index in [0.29, 0.717) is 5.69 Å². The molecular weight excluding hydrogens is 331 g/mol. The minimum Gasteiger partial charge on any atom is -0.326 e. The van der Waals surface area contributed by atoms with Gasteiger partial charge in [0.2, 0.25) is 15.9 Å². The highest BCUT2D eigenvalue weighted by Crippen LogP contribution is 2.21. The topological polar surface area (TPSA) is 66.5 Å². The van der Waals surface area contributed by atoms with Crippen molar-refractivity contribution < 1.29 is 17.6 Å². The van der Waals surface area contributed by atoms with Gasteiger partial charge in [-0.3, -0.25) is 9.10 Å². The molecule has 0 fully saturated rings. The molecule has 0 heterocycles. The van der Waals surface area contributed by atoms with Gasteiger partial charge in [-0.25, -0.2) is 12.8 Å². The Morgan fingerprint density at radius 3 is 2.50 bits per heavy atom. The van der Waals surface area contributed by atoms with E-state index in [2.05, 4.69) is 5.32 Å². The zero-order valence-electron chi connectivity index (χ0n) is 13.5. The van der Waals surface area contributed by atoms with Gasteiger partial charge in [-0.1, -0.05) is 24.3 Å². The monoisotopic (exact) mass is 350 g/mol. The first-order chi connectivity index (χ1) is 11.3. The number of nitrogens with one attached hydrogen (secondary N) is 1. The molecular formula is C17H19FN2O3S. The Balaban J connectivity index is 2.09. The smallest absolute Gasteiger partial charge is 0.232 e. The molecule has 1 amide bonds. The van der Waals surface area contributed by atoms with Crippen LogP contribution in [0.3, 0.4) is 0 Å². The third-order valence-corrected chi connectivity index (χ3v) is 4.55. The minimum absolute atomic E-state index is 0.0663. The SMILES string of the molecule is Cc1cccc(NC(=O)CCN(c2ccccc2F)S(C)(=O)=O)c1. The molecule has 7 heteroatoms. The number of anilines is 2. The molecule has 0 saturated carbocycles. The van der Waals surface area contributed by atoms with E-state index >= 15 is 0 Å². The summed E-state index contributed by atoms with van der Waals surface area (Å²) in [4.78, 5) is 12.0. The number of benzene rings is 2. The summed E-state index contributed by atoms with van der Waals surface area (Å²) in [6.45, 7) is 1.76. The molecule has 0 radical (unpaired) electrons. The maximum Gasteiger partial charge on any atom is 0.232 e. The Bertz CT molecular complexity index is 837. The van der Waals surface area contributed by atoms with E-state index in [0.717, 1.165) is 16.1 Å². The zero-order chi connectivity index (χ0) is 17.7. The molecule has 2 aromatic rings. The van der Waals surface area contributed by atoms with E-state index in [1.165, 1.54) is 18.2 Å². The number of halogens is 1. The molecule has 1 N–H and O–H groups in total. The molecule has 0 spiro atoms. The molecule has 0 aromatic heterocycles. The molecule has 0 aliphatic heterocycles. The lowest BCUT2D eigenvalue weighted by Gasteiger charge is -2.22. The van der Waals surface area contributed by atoms with Gasteiger partial charge in [-0.05, 0) is 36.8 Å². The summed E-state index contributed by atoms with van der Waals surface area (Å²) in [5.74, 6) is -0.993. The highest BCUT2D eigenvalue weighted by molar-refractivity contribution is 7.92. The molecule has 0 bridgehead atoms. The molecule has 0 aliphatic carbocycles. The number of sulfonamides is 1. The van der Waals surface area contributed by atoms with Crippen LogP contribution in [0, 0.1) is 12.7 Å². The molecule has 0 atom stereocenters. The van der Waals surface area contributed by atoms with Gasteiger partial charge in [-0.15, -0.1) is 0 Å². The number of hydrogen-bond donors (Lipinski definition) is 1. The third kappa shape index (κ3) is 4.79. The quantitative estimate of drug-likeness (QED) is 0.871. The fourth-order valence-electron chi connectivity index (χ4n) is 2.27. The summed E-state index contributed by atoms with van der Waals surface area (Å²) in [5.41, 5.74) is 1.57. The standard InChI is InChI=1S/C17H19FN2O3S/c1-13-6-5-7-14(12-13)19-17(21)10-11-20(24(2,22)23)16-9-4-3-8-15(16)18/h3-9,12H,10-11H2,1-2H3,(H,19,21). The third-order valence-electron chi connectivity index (χ3n) is 3.37. The average Bonchev–Trinajstić information content (AvgIpc) is 2.48. The van der Waals surface area contributed by atoms with Gasteiger partial charge in [0.1, 0.15) is 5.82 Å². The maximum absolute atomic E-state index is 13.9. The Morgan fingerprint density at radius 1 is 1.17 bits per heavy atom. The summed E-state index contributed by atoms with van der Waals surface area (Å²) in [5, 5.41) is 2.70. The van der Waals surface area contributed by atoms with Crippen LogP contribution in [0.15, 0.2) is 48.5 Å². The number of carbonyl (C=O) groups is 1. The van der Waals surface area contributed by atoms with Crippen LogP contribution in [-0.4, -0.2) is 27.1 Å². The zero-order valence-corrected chi connectivity index (χ0v) is 14.3. The lowest BCUT2D eigenvalue weighted by Crippen LogP contribution is -2.33. The maximum atomic E-state index is 13.9. The number of amides is 1. The van der Waals surface area contributed by atoms with Crippen molar-refractivity contribution in [1.82, 2.24) is 0 Å². The molecule has 0 unspecified atom stereocenters. The minimum atomic E-state index is -3.70. The highest BCUT2D eigenvalue weighted by Gasteiger charge is 2.21. The summed E-state index contributed by atoms with van der Waals surface area (Å²) in [7, 11) is -3.70. The summed E-state index contributed by atoms with van der Waals surface area (Å²) < 4.78 is 38.6. The lowest BCUT2D eigenvalue weighted by molar-refractivity contribution is -0.116. The predicted molar refractivity (Wildman–Crippen MR) is 93.0 cm³/mol. The van der Waals surface area contributed by atoms with Crippen LogP contribution in [0.5, 0.6) is 0 Å². The number of aryl methyl sites for hydroxylation is 1. The first kappa shape index (κ1) is 17.9. The van der Waals surface area contributed by atoms with Gasteiger partial charge in [0.25, 0.3) is 0 Å². The van der Waals surface area contributed by atoms with E-state index < -0.39 is 15.8 Å². The van der Waals surface area contributed by atoms with Crippen LogP contribution in [0.1, 0.15) is 12.0 Å². The van der Waals surface area contributed by atoms with Crippen LogP contribution in [-0.2, 0) is 14.8 Å². The van der Waals surface area contributed by atoms with E-state index in [1.54, 1.807) is 12.1 Å². The second kappa shape index (κ2) is 7.44. The van der Waals surface area contributed by atoms with Gasteiger partial charge < -0.3 is 5.32 Å².